The van der Waals surface area contributed by atoms with Crippen LogP contribution in [0.5, 0.6) is 0 Å². The number of aliphatic carboxylic acids is 1. The average molecular weight is 216 g/mol. The Bertz CT molecular complexity index is 468. The van der Waals surface area contributed by atoms with E-state index in [0.29, 0.717) is 0 Å². The summed E-state index contributed by atoms with van der Waals surface area (Å²) >= 11 is 0. The van der Waals surface area contributed by atoms with E-state index in [1.807, 2.05) is 18.2 Å². The molecule has 0 amide bonds. The molecule has 0 bridgehead atoms. The highest BCUT2D eigenvalue weighted by Gasteiger charge is 2.16. The summed E-state index contributed by atoms with van der Waals surface area (Å²) in [6, 6.07) is 5.79. The van der Waals surface area contributed by atoms with Crippen LogP contribution in [0.1, 0.15) is 37.5 Å². The third kappa shape index (κ3) is 3.13. The van der Waals surface area contributed by atoms with Crippen LogP contribution < -0.4 is 0 Å². The summed E-state index contributed by atoms with van der Waals surface area (Å²) in [6.45, 7) is 8.44. The Morgan fingerprint density at radius 1 is 1.31 bits per heavy atom. The van der Waals surface area contributed by atoms with Gasteiger partial charge in [0.2, 0.25) is 0 Å². The second-order valence-electron chi connectivity index (χ2n) is 4.83. The molecule has 0 saturated heterocycles. The number of carboxylic acids is 1. The van der Waals surface area contributed by atoms with Crippen molar-refractivity contribution in [2.24, 2.45) is 0 Å². The number of aryl methyl sites for hydroxylation is 1. The molecule has 0 aliphatic carbocycles. The molecule has 0 aromatic heterocycles. The summed E-state index contributed by atoms with van der Waals surface area (Å²) in [7, 11) is 0. The minimum Gasteiger partial charge on any atom is -0.472 e. The number of carboxylic acid groups (broad SMARTS) is 1. The fourth-order valence-corrected chi connectivity index (χ4v) is 1.63. The fraction of sp³-hybridized carbons (Fsp3) is 0.357. The van der Waals surface area contributed by atoms with Gasteiger partial charge in [-0.1, -0.05) is 32.8 Å². The summed E-state index contributed by atoms with van der Waals surface area (Å²) in [6.07, 6.45) is 0. The minimum atomic E-state index is -1.10. The molecule has 1 N–H and O–H groups in total. The first-order valence-corrected chi connectivity index (χ1v) is 5.17. The number of hydrogen-bond donors (Lipinski definition) is 1. The van der Waals surface area contributed by atoms with Crippen molar-refractivity contribution in [2.45, 2.75) is 33.1 Å². The standard InChI is InChI=1S/C14H16O2/c1-10-5-6-11(7-8-13(15)16)9-12(10)14(2,3)4/h5-6,9H,1-4H3,(H,15,16). The molecular weight excluding hydrogens is 200 g/mol. The molecule has 1 aromatic rings. The number of benzene rings is 1. The van der Waals surface area contributed by atoms with Gasteiger partial charge >= 0.3 is 5.97 Å². The summed E-state index contributed by atoms with van der Waals surface area (Å²) < 4.78 is 0. The van der Waals surface area contributed by atoms with Crippen molar-refractivity contribution in [3.8, 4) is 11.8 Å². The maximum atomic E-state index is 10.3. The zero-order valence-electron chi connectivity index (χ0n) is 10.1. The predicted molar refractivity (Wildman–Crippen MR) is 64.4 cm³/mol. The maximum absolute atomic E-state index is 10.3. The molecule has 1 rings (SSSR count). The van der Waals surface area contributed by atoms with Gasteiger partial charge in [0.1, 0.15) is 0 Å². The lowest BCUT2D eigenvalue weighted by molar-refractivity contribution is -0.130. The lowest BCUT2D eigenvalue weighted by atomic mass is 9.83. The fourth-order valence-electron chi connectivity index (χ4n) is 1.63. The van der Waals surface area contributed by atoms with E-state index in [1.165, 1.54) is 11.1 Å². The second kappa shape index (κ2) is 4.40. The molecule has 16 heavy (non-hydrogen) atoms. The summed E-state index contributed by atoms with van der Waals surface area (Å²) in [5, 5.41) is 8.48. The smallest absolute Gasteiger partial charge is 0.382 e. The van der Waals surface area contributed by atoms with Crippen molar-refractivity contribution < 1.29 is 9.90 Å². The van der Waals surface area contributed by atoms with E-state index in [2.05, 4.69) is 39.5 Å². The van der Waals surface area contributed by atoms with Crippen molar-refractivity contribution in [1.82, 2.24) is 0 Å². The Morgan fingerprint density at radius 2 is 1.94 bits per heavy atom. The maximum Gasteiger partial charge on any atom is 0.382 e. The molecule has 1 aromatic carbocycles. The van der Waals surface area contributed by atoms with Crippen molar-refractivity contribution in [3.05, 3.63) is 34.9 Å². The molecule has 0 heterocycles. The van der Waals surface area contributed by atoms with E-state index in [9.17, 15) is 4.79 Å². The highest BCUT2D eigenvalue weighted by atomic mass is 16.4. The lowest BCUT2D eigenvalue weighted by Crippen LogP contribution is -2.13. The monoisotopic (exact) mass is 216 g/mol. The molecule has 0 unspecified atom stereocenters. The van der Waals surface area contributed by atoms with Crippen molar-refractivity contribution in [3.63, 3.8) is 0 Å². The van der Waals surface area contributed by atoms with Gasteiger partial charge in [0, 0.05) is 11.5 Å². The highest BCUT2D eigenvalue weighted by Crippen LogP contribution is 2.26. The molecule has 0 fully saturated rings. The van der Waals surface area contributed by atoms with Crippen molar-refractivity contribution in [1.29, 1.82) is 0 Å². The molecular formula is C14H16O2. The number of rotatable bonds is 0. The predicted octanol–water partition coefficient (Wildman–Crippen LogP) is 2.73. The topological polar surface area (TPSA) is 37.3 Å². The third-order valence-corrected chi connectivity index (χ3v) is 2.36. The largest absolute Gasteiger partial charge is 0.472 e. The van der Waals surface area contributed by atoms with E-state index in [-0.39, 0.29) is 5.41 Å². The SMILES string of the molecule is Cc1ccc(C#CC(=O)O)cc1C(C)(C)C. The second-order valence-corrected chi connectivity index (χ2v) is 4.83. The van der Waals surface area contributed by atoms with Crippen molar-refractivity contribution >= 4 is 5.97 Å². The van der Waals surface area contributed by atoms with E-state index in [0.717, 1.165) is 5.56 Å². The molecule has 2 nitrogen and oxygen atoms in total. The van der Waals surface area contributed by atoms with Gasteiger partial charge in [-0.05, 0) is 35.6 Å². The normalized spacial score (nSPS) is 10.5. The quantitative estimate of drug-likeness (QED) is 0.677. The van der Waals surface area contributed by atoms with Gasteiger partial charge in [0.05, 0.1) is 0 Å². The summed E-state index contributed by atoms with van der Waals surface area (Å²) in [4.78, 5) is 10.3. The Hall–Kier alpha value is -1.75. The third-order valence-electron chi connectivity index (χ3n) is 2.36. The van der Waals surface area contributed by atoms with Crippen LogP contribution >= 0.6 is 0 Å². The number of carbonyl (C=O) groups is 1. The first-order valence-electron chi connectivity index (χ1n) is 5.17. The Balaban J connectivity index is 3.20. The summed E-state index contributed by atoms with van der Waals surface area (Å²) in [5.41, 5.74) is 3.20. The summed E-state index contributed by atoms with van der Waals surface area (Å²) in [5.74, 6) is 3.66. The van der Waals surface area contributed by atoms with E-state index < -0.39 is 5.97 Å². The molecule has 0 radical (unpaired) electrons. The molecule has 0 spiro atoms. The Labute approximate surface area is 96.3 Å². The van der Waals surface area contributed by atoms with Crippen LogP contribution in [0.2, 0.25) is 0 Å². The first-order chi connectivity index (χ1) is 7.30. The van der Waals surface area contributed by atoms with Gasteiger partial charge in [-0.3, -0.25) is 0 Å². The number of hydrogen-bond acceptors (Lipinski definition) is 1. The van der Waals surface area contributed by atoms with E-state index >= 15 is 0 Å². The highest BCUT2D eigenvalue weighted by molar-refractivity contribution is 5.87. The van der Waals surface area contributed by atoms with Gasteiger partial charge in [-0.2, -0.15) is 0 Å². The van der Waals surface area contributed by atoms with Crippen LogP contribution in [0.25, 0.3) is 0 Å². The molecule has 2 heteroatoms. The van der Waals surface area contributed by atoms with Gasteiger partial charge < -0.3 is 5.11 Å². The average Bonchev–Trinajstić information content (AvgIpc) is 2.14. The van der Waals surface area contributed by atoms with Crippen LogP contribution in [0, 0.1) is 18.8 Å². The minimum absolute atomic E-state index is 0.0466. The molecule has 0 aliphatic rings. The van der Waals surface area contributed by atoms with Gasteiger partial charge in [-0.15, -0.1) is 0 Å². The Kier molecular flexibility index (Phi) is 3.39. The van der Waals surface area contributed by atoms with Crippen LogP contribution in [0.15, 0.2) is 18.2 Å². The first kappa shape index (κ1) is 12.3. The molecule has 0 saturated carbocycles. The molecule has 84 valence electrons. The Morgan fingerprint density at radius 3 is 2.44 bits per heavy atom. The van der Waals surface area contributed by atoms with Crippen LogP contribution in [0.3, 0.4) is 0 Å². The van der Waals surface area contributed by atoms with Crippen LogP contribution in [-0.2, 0) is 10.2 Å². The van der Waals surface area contributed by atoms with Gasteiger partial charge in [0.25, 0.3) is 0 Å². The van der Waals surface area contributed by atoms with Crippen LogP contribution in [-0.4, -0.2) is 11.1 Å². The van der Waals surface area contributed by atoms with Crippen molar-refractivity contribution in [2.75, 3.05) is 0 Å². The zero-order chi connectivity index (χ0) is 12.3. The van der Waals surface area contributed by atoms with E-state index in [1.54, 1.807) is 0 Å². The molecule has 0 aliphatic heterocycles. The lowest BCUT2D eigenvalue weighted by Gasteiger charge is -2.21. The van der Waals surface area contributed by atoms with Gasteiger partial charge in [0.15, 0.2) is 0 Å². The van der Waals surface area contributed by atoms with Gasteiger partial charge in [-0.25, -0.2) is 4.79 Å². The zero-order valence-corrected chi connectivity index (χ0v) is 10.1. The molecule has 0 atom stereocenters. The van der Waals surface area contributed by atoms with E-state index in [4.69, 9.17) is 5.11 Å². The van der Waals surface area contributed by atoms with Crippen LogP contribution in [0.4, 0.5) is 0 Å².